The summed E-state index contributed by atoms with van der Waals surface area (Å²) in [5.41, 5.74) is 1.07. The third-order valence-corrected chi connectivity index (χ3v) is 6.90. The highest BCUT2D eigenvalue weighted by Gasteiger charge is 2.38. The molecule has 9 heteroatoms. The summed E-state index contributed by atoms with van der Waals surface area (Å²) in [6, 6.07) is 13.3. The fourth-order valence-corrected chi connectivity index (χ4v) is 4.99. The van der Waals surface area contributed by atoms with E-state index in [4.69, 9.17) is 16.3 Å². The molecule has 2 fully saturated rings. The van der Waals surface area contributed by atoms with E-state index in [-0.39, 0.29) is 5.91 Å². The monoisotopic (exact) mass is 506 g/mol. The number of nitrogens with one attached hydrogen (secondary N) is 2. The molecule has 3 heterocycles. The van der Waals surface area contributed by atoms with Crippen molar-refractivity contribution < 1.29 is 19.1 Å². The summed E-state index contributed by atoms with van der Waals surface area (Å²) in [6.07, 6.45) is 4.73. The molecule has 2 N–H and O–H groups in total. The Morgan fingerprint density at radius 2 is 1.78 bits per heavy atom. The van der Waals surface area contributed by atoms with Crippen LogP contribution in [0.25, 0.3) is 10.8 Å². The number of rotatable bonds is 6. The first-order chi connectivity index (χ1) is 17.5. The molecule has 2 aliphatic rings. The van der Waals surface area contributed by atoms with Crippen molar-refractivity contribution in [2.75, 3.05) is 18.4 Å². The van der Waals surface area contributed by atoms with Crippen molar-refractivity contribution >= 4 is 45.8 Å². The summed E-state index contributed by atoms with van der Waals surface area (Å²) >= 11 is 6.19. The molecule has 0 unspecified atom stereocenters. The lowest BCUT2D eigenvalue weighted by atomic mass is 10.0. The van der Waals surface area contributed by atoms with Gasteiger partial charge in [0, 0.05) is 35.1 Å². The van der Waals surface area contributed by atoms with Crippen molar-refractivity contribution in [3.63, 3.8) is 0 Å². The Hall–Kier alpha value is -3.49. The first-order valence-electron chi connectivity index (χ1n) is 12.1. The molecule has 1 aromatic heterocycles. The van der Waals surface area contributed by atoms with E-state index in [1.165, 1.54) is 0 Å². The lowest BCUT2D eigenvalue weighted by molar-refractivity contribution is -0.146. The summed E-state index contributed by atoms with van der Waals surface area (Å²) in [5.74, 6) is -0.940. The van der Waals surface area contributed by atoms with Gasteiger partial charge in [-0.3, -0.25) is 19.4 Å². The van der Waals surface area contributed by atoms with Crippen molar-refractivity contribution in [1.82, 2.24) is 15.2 Å². The molecule has 3 atom stereocenters. The molecule has 0 bridgehead atoms. The number of fused-ring (bicyclic) bond motifs is 1. The molecule has 0 spiro atoms. The molecule has 0 saturated carbocycles. The number of amides is 3. The van der Waals surface area contributed by atoms with Crippen LogP contribution in [0, 0.1) is 0 Å². The fourth-order valence-electron chi connectivity index (χ4n) is 4.80. The minimum Gasteiger partial charge on any atom is -0.355 e. The largest absolute Gasteiger partial charge is 0.355 e. The minimum atomic E-state index is -1.02. The van der Waals surface area contributed by atoms with Crippen LogP contribution in [0.3, 0.4) is 0 Å². The van der Waals surface area contributed by atoms with Crippen LogP contribution < -0.4 is 10.6 Å². The first-order valence-corrected chi connectivity index (χ1v) is 12.5. The lowest BCUT2D eigenvalue weighted by Gasteiger charge is -2.22. The van der Waals surface area contributed by atoms with Gasteiger partial charge in [0.15, 0.2) is 0 Å². The fraction of sp³-hybridized carbons (Fsp3) is 0.333. The summed E-state index contributed by atoms with van der Waals surface area (Å²) in [6.45, 7) is 1.46. The SMILES string of the molecule is O=C(N[C@H](C(=O)Nc1cncc2ccccc12)c1cccc(Cl)c1)[C@@H]1CC[C@H](C(=O)N2CCCC2)O1. The third-order valence-electron chi connectivity index (χ3n) is 6.66. The van der Waals surface area contributed by atoms with E-state index in [0.717, 1.165) is 36.7 Å². The maximum Gasteiger partial charge on any atom is 0.251 e. The summed E-state index contributed by atoms with van der Waals surface area (Å²) in [5, 5.41) is 7.88. The maximum atomic E-state index is 13.5. The molecule has 36 heavy (non-hydrogen) atoms. The maximum absolute atomic E-state index is 13.5. The molecule has 8 nitrogen and oxygen atoms in total. The zero-order chi connectivity index (χ0) is 25.1. The number of likely N-dealkylation sites (tertiary alicyclic amines) is 1. The third kappa shape index (κ3) is 5.20. The predicted molar refractivity (Wildman–Crippen MR) is 136 cm³/mol. The van der Waals surface area contributed by atoms with Gasteiger partial charge in [0.2, 0.25) is 5.91 Å². The van der Waals surface area contributed by atoms with Crippen molar-refractivity contribution in [2.45, 2.75) is 43.9 Å². The van der Waals surface area contributed by atoms with E-state index >= 15 is 0 Å². The second-order valence-corrected chi connectivity index (χ2v) is 9.55. The molecular formula is C27H27ClN4O4. The second-order valence-electron chi connectivity index (χ2n) is 9.12. The number of aromatic nitrogens is 1. The molecule has 3 aromatic rings. The van der Waals surface area contributed by atoms with E-state index < -0.39 is 30.1 Å². The van der Waals surface area contributed by atoms with Gasteiger partial charge in [0.25, 0.3) is 11.8 Å². The number of carbonyl (C=O) groups excluding carboxylic acids is 3. The predicted octanol–water partition coefficient (Wildman–Crippen LogP) is 3.85. The summed E-state index contributed by atoms with van der Waals surface area (Å²) < 4.78 is 5.84. The molecule has 3 amide bonds. The lowest BCUT2D eigenvalue weighted by Crippen LogP contribution is -2.43. The highest BCUT2D eigenvalue weighted by molar-refractivity contribution is 6.30. The molecule has 2 aliphatic heterocycles. The van der Waals surface area contributed by atoms with Crippen LogP contribution in [0.2, 0.25) is 5.02 Å². The van der Waals surface area contributed by atoms with Crippen LogP contribution in [0.4, 0.5) is 5.69 Å². The highest BCUT2D eigenvalue weighted by atomic mass is 35.5. The second kappa shape index (κ2) is 10.6. The van der Waals surface area contributed by atoms with Crippen LogP contribution in [-0.2, 0) is 19.1 Å². The average Bonchev–Trinajstić information content (AvgIpc) is 3.60. The molecule has 2 saturated heterocycles. The van der Waals surface area contributed by atoms with Gasteiger partial charge in [-0.05, 0) is 43.4 Å². The standard InChI is InChI=1S/C27H27ClN4O4/c28-19-8-5-7-17(14-19)24(26(34)30-21-16-29-15-18-6-1-2-9-20(18)21)31-25(33)22-10-11-23(36-22)27(35)32-12-3-4-13-32/h1-2,5-9,14-16,22-24H,3-4,10-13H2,(H,30,34)(H,31,33)/t22-,23+,24-/m0/s1. The van der Waals surface area contributed by atoms with E-state index in [9.17, 15) is 14.4 Å². The number of anilines is 1. The number of hydrogen-bond donors (Lipinski definition) is 2. The Kier molecular flexibility index (Phi) is 7.16. The topological polar surface area (TPSA) is 101 Å². The van der Waals surface area contributed by atoms with Gasteiger partial charge in [-0.2, -0.15) is 0 Å². The van der Waals surface area contributed by atoms with Crippen LogP contribution >= 0.6 is 11.6 Å². The van der Waals surface area contributed by atoms with Gasteiger partial charge in [-0.1, -0.05) is 48.0 Å². The van der Waals surface area contributed by atoms with Crippen molar-refractivity contribution in [2.24, 2.45) is 0 Å². The van der Waals surface area contributed by atoms with E-state index in [1.807, 2.05) is 24.3 Å². The average molecular weight is 507 g/mol. The van der Waals surface area contributed by atoms with Gasteiger partial charge < -0.3 is 20.3 Å². The van der Waals surface area contributed by atoms with Crippen molar-refractivity contribution in [3.05, 3.63) is 71.5 Å². The minimum absolute atomic E-state index is 0.0598. The molecular weight excluding hydrogens is 480 g/mol. The van der Waals surface area contributed by atoms with Gasteiger partial charge in [-0.15, -0.1) is 0 Å². The Morgan fingerprint density at radius 1 is 1.00 bits per heavy atom. The number of halogens is 1. The summed E-state index contributed by atoms with van der Waals surface area (Å²) in [7, 11) is 0. The van der Waals surface area contributed by atoms with Crippen LogP contribution in [0.1, 0.15) is 37.3 Å². The normalized spacial score (nSPS) is 20.3. The quantitative estimate of drug-likeness (QED) is 0.529. The summed E-state index contributed by atoms with van der Waals surface area (Å²) in [4.78, 5) is 45.4. The van der Waals surface area contributed by atoms with Gasteiger partial charge >= 0.3 is 0 Å². The van der Waals surface area contributed by atoms with E-state index in [0.29, 0.717) is 29.1 Å². The molecule has 186 valence electrons. The number of benzene rings is 2. The zero-order valence-corrected chi connectivity index (χ0v) is 20.4. The van der Waals surface area contributed by atoms with E-state index in [1.54, 1.807) is 41.6 Å². The number of hydrogen-bond acceptors (Lipinski definition) is 5. The molecule has 5 rings (SSSR count). The van der Waals surface area contributed by atoms with Crippen LogP contribution in [0.15, 0.2) is 60.9 Å². The number of ether oxygens (including phenoxy) is 1. The Labute approximate surface area is 214 Å². The molecule has 2 aromatic carbocycles. The Balaban J connectivity index is 1.33. The number of nitrogens with zero attached hydrogens (tertiary/aromatic N) is 2. The van der Waals surface area contributed by atoms with E-state index in [2.05, 4.69) is 15.6 Å². The van der Waals surface area contributed by atoms with Gasteiger partial charge in [-0.25, -0.2) is 0 Å². The molecule has 0 aliphatic carbocycles. The zero-order valence-electron chi connectivity index (χ0n) is 19.7. The molecule has 0 radical (unpaired) electrons. The van der Waals surface area contributed by atoms with Crippen molar-refractivity contribution in [1.29, 1.82) is 0 Å². The highest BCUT2D eigenvalue weighted by Crippen LogP contribution is 2.27. The Bertz CT molecular complexity index is 1290. The number of pyridine rings is 1. The Morgan fingerprint density at radius 3 is 2.58 bits per heavy atom. The smallest absolute Gasteiger partial charge is 0.251 e. The van der Waals surface area contributed by atoms with Crippen LogP contribution in [0.5, 0.6) is 0 Å². The van der Waals surface area contributed by atoms with Crippen LogP contribution in [-0.4, -0.2) is 52.9 Å². The van der Waals surface area contributed by atoms with Crippen molar-refractivity contribution in [3.8, 4) is 0 Å². The van der Waals surface area contributed by atoms with Gasteiger partial charge in [0.05, 0.1) is 11.9 Å². The van der Waals surface area contributed by atoms with Gasteiger partial charge in [0.1, 0.15) is 18.2 Å². The number of carbonyl (C=O) groups is 3. The first kappa shape index (κ1) is 24.2.